The van der Waals surface area contributed by atoms with Crippen LogP contribution < -0.4 is 9.47 Å². The van der Waals surface area contributed by atoms with Gasteiger partial charge in [-0.1, -0.05) is 91.3 Å². The highest BCUT2D eigenvalue weighted by Crippen LogP contribution is 2.58. The second-order valence-corrected chi connectivity index (χ2v) is 15.5. The molecular formula is C45H46ClN3O7. The third-order valence-electron chi connectivity index (χ3n) is 12.0. The molecule has 3 aromatic carbocycles. The maximum atomic E-state index is 15.0. The molecular weight excluding hydrogens is 730 g/mol. The molecule has 5 atom stereocenters. The Hall–Kier alpha value is -5.00. The maximum absolute atomic E-state index is 15.0. The third kappa shape index (κ3) is 6.29. The highest BCUT2D eigenvalue weighted by molar-refractivity contribution is 6.33. The Labute approximate surface area is 331 Å². The first kappa shape index (κ1) is 37.9. The number of rotatable bonds is 13. The SMILES string of the molecule is C=CCN(CC=C)[C@@H]1c2onc(OCc3ccccc3)c2C(=O)[C@@]2(O)C(O)=C3C(=O)c4c(OCc5ccccc5)cc(C5CCCN5CC)c(Cl)c4C[C@H]3C[C@@H]12. The van der Waals surface area contributed by atoms with Crippen molar-refractivity contribution in [1.82, 2.24) is 15.0 Å². The number of ether oxygens (including phenoxy) is 2. The number of Topliss-reactive ketones (excluding diaryl/α,β-unsaturated/α-hetero) is 2. The van der Waals surface area contributed by atoms with E-state index in [4.69, 9.17) is 25.6 Å². The fourth-order valence-electron chi connectivity index (χ4n) is 9.41. The standard InChI is InChI=1S/C45H46ClN3O7/c1-4-19-49(20-5-2)39-32-23-29-22-31-36(34(54-25-27-14-9-7-10-15-27)24-30(38(31)46)33-18-13-21-48(33)6-3)40(50)35(29)42(51)45(32,53)43(52)37-41(39)56-47-44(37)55-26-28-16-11-8-12-17-28/h4-5,7-12,14-17,24,29,32-33,39,51,53H,1-2,6,13,18-23,25-26H2,3H3/t29-,32-,33?,39-,45-/m0/s1. The lowest BCUT2D eigenvalue weighted by molar-refractivity contribution is -0.0601. The fourth-order valence-corrected chi connectivity index (χ4v) is 9.76. The summed E-state index contributed by atoms with van der Waals surface area (Å²) in [5, 5.41) is 29.9. The number of allylic oxidation sites excluding steroid dienone is 1. The van der Waals surface area contributed by atoms with Gasteiger partial charge in [-0.05, 0) is 78.2 Å². The number of halogens is 1. The molecule has 4 aliphatic rings. The van der Waals surface area contributed by atoms with Crippen molar-refractivity contribution < 1.29 is 33.8 Å². The molecule has 1 unspecified atom stereocenters. The summed E-state index contributed by atoms with van der Waals surface area (Å²) >= 11 is 7.36. The highest BCUT2D eigenvalue weighted by Gasteiger charge is 2.64. The predicted octanol–water partition coefficient (Wildman–Crippen LogP) is 8.17. The lowest BCUT2D eigenvalue weighted by Gasteiger charge is -2.50. The molecule has 2 heterocycles. The van der Waals surface area contributed by atoms with E-state index in [1.54, 1.807) is 12.2 Å². The van der Waals surface area contributed by atoms with E-state index in [2.05, 4.69) is 30.1 Å². The monoisotopic (exact) mass is 775 g/mol. The van der Waals surface area contributed by atoms with E-state index in [0.29, 0.717) is 35.8 Å². The van der Waals surface area contributed by atoms with E-state index in [9.17, 15) is 19.8 Å². The first-order chi connectivity index (χ1) is 27.2. The minimum atomic E-state index is -2.51. The van der Waals surface area contributed by atoms with Crippen LogP contribution in [0.3, 0.4) is 0 Å². The summed E-state index contributed by atoms with van der Waals surface area (Å²) in [5.41, 5.74) is 0.960. The lowest BCUT2D eigenvalue weighted by Crippen LogP contribution is -2.60. The van der Waals surface area contributed by atoms with Gasteiger partial charge in [-0.2, -0.15) is 0 Å². The third-order valence-corrected chi connectivity index (χ3v) is 12.4. The van der Waals surface area contributed by atoms with Gasteiger partial charge in [-0.3, -0.25) is 19.4 Å². The summed E-state index contributed by atoms with van der Waals surface area (Å²) in [6, 6.07) is 20.2. The smallest absolute Gasteiger partial charge is 0.265 e. The molecule has 11 heteroatoms. The van der Waals surface area contributed by atoms with Crippen molar-refractivity contribution in [3.8, 4) is 11.6 Å². The van der Waals surface area contributed by atoms with Gasteiger partial charge in [0.15, 0.2) is 17.1 Å². The molecule has 0 bridgehead atoms. The molecule has 2 N–H and O–H groups in total. The zero-order valence-corrected chi connectivity index (χ0v) is 32.2. The molecule has 3 aliphatic carbocycles. The zero-order valence-electron chi connectivity index (χ0n) is 31.5. The first-order valence-corrected chi connectivity index (χ1v) is 19.7. The molecule has 0 saturated carbocycles. The summed E-state index contributed by atoms with van der Waals surface area (Å²) in [5.74, 6) is -3.09. The number of hydrogen-bond donors (Lipinski definition) is 2. The fraction of sp³-hybridized carbons (Fsp3) is 0.356. The maximum Gasteiger partial charge on any atom is 0.265 e. The molecule has 8 rings (SSSR count). The van der Waals surface area contributed by atoms with Crippen molar-refractivity contribution >= 4 is 23.2 Å². The van der Waals surface area contributed by atoms with E-state index in [-0.39, 0.29) is 54.0 Å². The molecule has 1 aromatic heterocycles. The Balaban J connectivity index is 1.26. The topological polar surface area (TPSA) is 126 Å². The number of ketones is 2. The molecule has 290 valence electrons. The van der Waals surface area contributed by atoms with Crippen LogP contribution in [0.4, 0.5) is 0 Å². The van der Waals surface area contributed by atoms with Gasteiger partial charge in [0.1, 0.15) is 30.3 Å². The Morgan fingerprint density at radius 3 is 2.32 bits per heavy atom. The minimum Gasteiger partial charge on any atom is -0.508 e. The number of carbonyl (C=O) groups excluding carboxylic acids is 2. The van der Waals surface area contributed by atoms with E-state index >= 15 is 0 Å². The first-order valence-electron chi connectivity index (χ1n) is 19.3. The largest absolute Gasteiger partial charge is 0.508 e. The Kier molecular flexibility index (Phi) is 10.5. The molecule has 4 aromatic rings. The zero-order chi connectivity index (χ0) is 39.1. The quantitative estimate of drug-likeness (QED) is 0.129. The van der Waals surface area contributed by atoms with Crippen LogP contribution in [0.25, 0.3) is 0 Å². The number of carbonyl (C=O) groups is 2. The van der Waals surface area contributed by atoms with Crippen LogP contribution in [-0.4, -0.2) is 68.5 Å². The molecule has 1 fully saturated rings. The average molecular weight is 776 g/mol. The van der Waals surface area contributed by atoms with Gasteiger partial charge in [-0.25, -0.2) is 0 Å². The molecule has 1 saturated heterocycles. The lowest BCUT2D eigenvalue weighted by atomic mass is 9.58. The molecule has 10 nitrogen and oxygen atoms in total. The van der Waals surface area contributed by atoms with Gasteiger partial charge in [0, 0.05) is 35.6 Å². The van der Waals surface area contributed by atoms with E-state index < -0.39 is 40.8 Å². The van der Waals surface area contributed by atoms with Crippen LogP contribution in [0.1, 0.15) is 87.0 Å². The predicted molar refractivity (Wildman–Crippen MR) is 212 cm³/mol. The number of benzene rings is 3. The molecule has 0 radical (unpaired) electrons. The Morgan fingerprint density at radius 2 is 1.68 bits per heavy atom. The van der Waals surface area contributed by atoms with Crippen molar-refractivity contribution in [3.63, 3.8) is 0 Å². The number of aliphatic hydroxyl groups is 2. The van der Waals surface area contributed by atoms with Crippen LogP contribution in [0.2, 0.25) is 5.02 Å². The van der Waals surface area contributed by atoms with E-state index in [0.717, 1.165) is 42.6 Å². The van der Waals surface area contributed by atoms with Gasteiger partial charge >= 0.3 is 0 Å². The van der Waals surface area contributed by atoms with E-state index in [1.807, 2.05) is 71.6 Å². The molecule has 56 heavy (non-hydrogen) atoms. The van der Waals surface area contributed by atoms with Crippen LogP contribution in [0.5, 0.6) is 11.6 Å². The van der Waals surface area contributed by atoms with Gasteiger partial charge in [0.05, 0.1) is 11.6 Å². The normalized spacial score (nSPS) is 24.4. The summed E-state index contributed by atoms with van der Waals surface area (Å²) in [6.07, 6.45) is 5.83. The van der Waals surface area contributed by atoms with Crippen LogP contribution in [0.15, 0.2) is 108 Å². The van der Waals surface area contributed by atoms with Crippen LogP contribution in [0, 0.1) is 11.8 Å². The van der Waals surface area contributed by atoms with Gasteiger partial charge in [0.25, 0.3) is 5.88 Å². The van der Waals surface area contributed by atoms with Crippen molar-refractivity contribution in [2.45, 2.75) is 63.5 Å². The number of nitrogens with zero attached hydrogens (tertiary/aromatic N) is 3. The molecule has 0 spiro atoms. The number of aliphatic hydroxyl groups excluding tert-OH is 1. The minimum absolute atomic E-state index is 0.0153. The van der Waals surface area contributed by atoms with Crippen molar-refractivity contribution in [2.75, 3.05) is 26.2 Å². The van der Waals surface area contributed by atoms with Crippen molar-refractivity contribution in [1.29, 1.82) is 0 Å². The van der Waals surface area contributed by atoms with Gasteiger partial charge in [0.2, 0.25) is 5.78 Å². The van der Waals surface area contributed by atoms with Crippen LogP contribution >= 0.6 is 11.6 Å². The molecule has 1 aliphatic heterocycles. The number of fused-ring (bicyclic) bond motifs is 4. The summed E-state index contributed by atoms with van der Waals surface area (Å²) in [4.78, 5) is 34.1. The summed E-state index contributed by atoms with van der Waals surface area (Å²) in [6.45, 7) is 12.8. The second-order valence-electron chi connectivity index (χ2n) is 15.1. The van der Waals surface area contributed by atoms with Crippen molar-refractivity contribution in [2.24, 2.45) is 11.8 Å². The average Bonchev–Trinajstić information content (AvgIpc) is 3.87. The summed E-state index contributed by atoms with van der Waals surface area (Å²) < 4.78 is 18.5. The Morgan fingerprint density at radius 1 is 1.02 bits per heavy atom. The second kappa shape index (κ2) is 15.5. The number of likely N-dealkylation sites (tertiary alicyclic amines) is 1. The number of hydrogen-bond acceptors (Lipinski definition) is 10. The number of aromatic nitrogens is 1. The summed E-state index contributed by atoms with van der Waals surface area (Å²) in [7, 11) is 0. The van der Waals surface area contributed by atoms with Crippen LogP contribution in [-0.2, 0) is 19.6 Å². The molecule has 0 amide bonds. The van der Waals surface area contributed by atoms with E-state index in [1.165, 1.54) is 0 Å². The van der Waals surface area contributed by atoms with Gasteiger partial charge in [-0.15, -0.1) is 13.2 Å². The van der Waals surface area contributed by atoms with Crippen molar-refractivity contribution in [3.05, 3.63) is 148 Å². The highest BCUT2D eigenvalue weighted by atomic mass is 35.5. The van der Waals surface area contributed by atoms with Gasteiger partial charge < -0.3 is 24.2 Å². The Bertz CT molecular complexity index is 2190.